The van der Waals surface area contributed by atoms with Crippen LogP contribution < -0.4 is 0 Å². The fourth-order valence-electron chi connectivity index (χ4n) is 2.67. The Morgan fingerprint density at radius 1 is 1.19 bits per heavy atom. The second kappa shape index (κ2) is 10.0. The quantitative estimate of drug-likeness (QED) is 0.656. The molecule has 0 amide bonds. The summed E-state index contributed by atoms with van der Waals surface area (Å²) >= 11 is -0.826. The van der Waals surface area contributed by atoms with Gasteiger partial charge in [0.1, 0.15) is 5.75 Å². The molecular formula is C16H23Cl2NOZr. The Hall–Kier alpha value is 0.153. The summed E-state index contributed by atoms with van der Waals surface area (Å²) in [5, 5.41) is 10.1. The van der Waals surface area contributed by atoms with E-state index in [1.807, 2.05) is 32.2 Å². The summed E-state index contributed by atoms with van der Waals surface area (Å²) in [6.07, 6.45) is 6.96. The van der Waals surface area contributed by atoms with Crippen molar-refractivity contribution in [2.75, 3.05) is 0 Å². The second-order valence-electron chi connectivity index (χ2n) is 5.64. The van der Waals surface area contributed by atoms with E-state index in [4.69, 9.17) is 22.0 Å². The third-order valence-electron chi connectivity index (χ3n) is 4.10. The van der Waals surface area contributed by atoms with Gasteiger partial charge in [0.25, 0.3) is 0 Å². The van der Waals surface area contributed by atoms with Crippen molar-refractivity contribution in [2.24, 2.45) is 10.9 Å². The van der Waals surface area contributed by atoms with E-state index in [1.54, 1.807) is 0 Å². The number of aromatic hydroxyl groups is 1. The molecule has 0 radical (unpaired) electrons. The molecular weight excluding hydrogens is 384 g/mol. The van der Waals surface area contributed by atoms with E-state index in [0.29, 0.717) is 17.7 Å². The molecule has 1 aliphatic carbocycles. The van der Waals surface area contributed by atoms with Gasteiger partial charge in [0.15, 0.2) is 0 Å². The van der Waals surface area contributed by atoms with E-state index in [0.717, 1.165) is 16.7 Å². The number of halogens is 2. The van der Waals surface area contributed by atoms with Crippen molar-refractivity contribution in [3.63, 3.8) is 0 Å². The van der Waals surface area contributed by atoms with E-state index in [-0.39, 0.29) is 0 Å². The van der Waals surface area contributed by atoms with Crippen molar-refractivity contribution in [3.05, 3.63) is 28.8 Å². The van der Waals surface area contributed by atoms with Gasteiger partial charge in [-0.2, -0.15) is 0 Å². The maximum atomic E-state index is 10.1. The molecule has 5 heteroatoms. The first-order valence-corrected chi connectivity index (χ1v) is 13.6. The zero-order chi connectivity index (χ0) is 15.8. The van der Waals surface area contributed by atoms with Crippen LogP contribution in [0.2, 0.25) is 0 Å². The first-order valence-electron chi connectivity index (χ1n) is 7.29. The van der Waals surface area contributed by atoms with Crippen molar-refractivity contribution >= 4 is 23.2 Å². The van der Waals surface area contributed by atoms with Crippen LogP contribution in [0.5, 0.6) is 5.75 Å². The molecule has 2 nitrogen and oxygen atoms in total. The number of aliphatic imine (C=N–C) groups is 1. The monoisotopic (exact) mass is 405 g/mol. The fourth-order valence-corrected chi connectivity index (χ4v) is 2.67. The fraction of sp³-hybridized carbons (Fsp3) is 0.562. The Labute approximate surface area is 146 Å². The van der Waals surface area contributed by atoms with Crippen LogP contribution in [0.3, 0.4) is 0 Å². The van der Waals surface area contributed by atoms with Gasteiger partial charge in [-0.3, -0.25) is 4.99 Å². The third-order valence-corrected chi connectivity index (χ3v) is 4.10. The third kappa shape index (κ3) is 6.04. The summed E-state index contributed by atoms with van der Waals surface area (Å²) < 4.78 is 0. The Bertz CT molecular complexity index is 480. The van der Waals surface area contributed by atoms with Gasteiger partial charge in [0, 0.05) is 11.8 Å². The van der Waals surface area contributed by atoms with Gasteiger partial charge < -0.3 is 5.11 Å². The van der Waals surface area contributed by atoms with Crippen LogP contribution in [-0.4, -0.2) is 17.4 Å². The molecule has 0 bridgehead atoms. The number of aryl methyl sites for hydroxylation is 2. The van der Waals surface area contributed by atoms with E-state index < -0.39 is 20.8 Å². The molecule has 1 aliphatic rings. The van der Waals surface area contributed by atoms with Crippen LogP contribution in [0.1, 0.15) is 49.3 Å². The first kappa shape index (κ1) is 19.2. The predicted molar refractivity (Wildman–Crippen MR) is 88.3 cm³/mol. The van der Waals surface area contributed by atoms with E-state index in [2.05, 4.69) is 6.92 Å². The average Bonchev–Trinajstić information content (AvgIpc) is 2.46. The molecule has 0 saturated heterocycles. The zero-order valence-corrected chi connectivity index (χ0v) is 16.8. The second-order valence-corrected chi connectivity index (χ2v) is 9.37. The summed E-state index contributed by atoms with van der Waals surface area (Å²) in [5.74, 6) is 1.05. The van der Waals surface area contributed by atoms with Crippen LogP contribution in [0.4, 0.5) is 0 Å². The van der Waals surface area contributed by atoms with Crippen LogP contribution in [0.25, 0.3) is 0 Å². The molecule has 1 N–H and O–H groups in total. The van der Waals surface area contributed by atoms with Gasteiger partial charge in [-0.05, 0) is 43.7 Å². The number of hydrogen-bond donors (Lipinski definition) is 1. The van der Waals surface area contributed by atoms with Gasteiger partial charge in [-0.1, -0.05) is 31.9 Å². The molecule has 0 aromatic heterocycles. The number of phenols is 1. The summed E-state index contributed by atoms with van der Waals surface area (Å²) in [6.45, 7) is 6.23. The van der Waals surface area contributed by atoms with Crippen LogP contribution >= 0.6 is 17.0 Å². The van der Waals surface area contributed by atoms with Crippen LogP contribution in [0.15, 0.2) is 17.1 Å². The molecule has 116 valence electrons. The average molecular weight is 407 g/mol. The van der Waals surface area contributed by atoms with Gasteiger partial charge in [-0.25, -0.2) is 0 Å². The molecule has 21 heavy (non-hydrogen) atoms. The van der Waals surface area contributed by atoms with Crippen molar-refractivity contribution in [1.82, 2.24) is 0 Å². The van der Waals surface area contributed by atoms with E-state index >= 15 is 0 Å². The molecule has 0 spiro atoms. The Balaban J connectivity index is 0.000000677. The summed E-state index contributed by atoms with van der Waals surface area (Å²) in [4.78, 5) is 4.71. The Kier molecular flexibility index (Phi) is 9.17. The molecule has 0 aliphatic heterocycles. The maximum absolute atomic E-state index is 10.1. The Morgan fingerprint density at radius 3 is 2.38 bits per heavy atom. The summed E-state index contributed by atoms with van der Waals surface area (Å²) in [7, 11) is 9.87. The SMILES string of the molecule is Cc1ccc(C)c(C=NC2CCCCC2C)c1O.[Cl][Zr][Cl]. The Morgan fingerprint density at radius 2 is 1.76 bits per heavy atom. The summed E-state index contributed by atoms with van der Waals surface area (Å²) in [6, 6.07) is 4.42. The molecule has 1 saturated carbocycles. The topological polar surface area (TPSA) is 32.6 Å². The molecule has 1 aromatic rings. The van der Waals surface area contributed by atoms with Gasteiger partial charge >= 0.3 is 37.9 Å². The zero-order valence-electron chi connectivity index (χ0n) is 12.9. The molecule has 0 heterocycles. The molecule has 2 rings (SSSR count). The van der Waals surface area contributed by atoms with E-state index in [9.17, 15) is 5.11 Å². The number of hydrogen-bond acceptors (Lipinski definition) is 2. The van der Waals surface area contributed by atoms with Gasteiger partial charge in [0.05, 0.1) is 6.04 Å². The van der Waals surface area contributed by atoms with Crippen molar-refractivity contribution in [2.45, 2.75) is 52.5 Å². The molecule has 2 unspecified atom stereocenters. The van der Waals surface area contributed by atoms with Crippen molar-refractivity contribution < 1.29 is 26.0 Å². The molecule has 2 atom stereocenters. The van der Waals surface area contributed by atoms with E-state index in [1.165, 1.54) is 25.7 Å². The molecule has 1 fully saturated rings. The van der Waals surface area contributed by atoms with Crippen molar-refractivity contribution in [3.8, 4) is 5.75 Å². The minimum absolute atomic E-state index is 0.377. The number of phenolic OH excluding ortho intramolecular Hbond substituents is 1. The van der Waals surface area contributed by atoms with Crippen LogP contribution in [0, 0.1) is 19.8 Å². The van der Waals surface area contributed by atoms with Gasteiger partial charge in [0.2, 0.25) is 0 Å². The number of nitrogens with zero attached hydrogens (tertiary/aromatic N) is 1. The predicted octanol–water partition coefficient (Wildman–Crippen LogP) is 5.38. The standard InChI is InChI=1S/C16H23NO.2ClH.Zr/c1-11-8-9-13(3)16(18)14(11)10-17-15-7-5-4-6-12(15)2;;;/h8-10,12,15,18H,4-7H2,1-3H3;2*1H;/q;;;+2/p-2. The minimum atomic E-state index is -0.826. The number of benzene rings is 1. The van der Waals surface area contributed by atoms with Crippen LogP contribution in [-0.2, 0) is 20.8 Å². The number of rotatable bonds is 2. The normalized spacial score (nSPS) is 21.8. The summed E-state index contributed by atoms with van der Waals surface area (Å²) in [5.41, 5.74) is 2.89. The van der Waals surface area contributed by atoms with Gasteiger partial charge in [-0.15, -0.1) is 0 Å². The van der Waals surface area contributed by atoms with Crippen molar-refractivity contribution in [1.29, 1.82) is 0 Å². The first-order chi connectivity index (χ1) is 10.0. The molecule has 1 aromatic carbocycles.